The van der Waals surface area contributed by atoms with Crippen molar-refractivity contribution in [1.29, 1.82) is 0 Å². The Kier molecular flexibility index (Phi) is 5.60. The summed E-state index contributed by atoms with van der Waals surface area (Å²) in [4.78, 5) is 17.0. The highest BCUT2D eigenvalue weighted by Gasteiger charge is 2.49. The van der Waals surface area contributed by atoms with E-state index in [0.29, 0.717) is 30.7 Å². The Morgan fingerprint density at radius 3 is 2.97 bits per heavy atom. The van der Waals surface area contributed by atoms with Gasteiger partial charge in [-0.05, 0) is 38.1 Å². The number of anilines is 1. The van der Waals surface area contributed by atoms with Crippen LogP contribution < -0.4 is 9.64 Å². The Labute approximate surface area is 184 Å². The predicted molar refractivity (Wildman–Crippen MR) is 113 cm³/mol. The maximum absolute atomic E-state index is 14.8. The van der Waals surface area contributed by atoms with Gasteiger partial charge in [-0.3, -0.25) is 4.90 Å². The molecule has 0 saturated carbocycles. The third-order valence-electron chi connectivity index (χ3n) is 6.91. The fourth-order valence-corrected chi connectivity index (χ4v) is 5.50. The summed E-state index contributed by atoms with van der Waals surface area (Å²) < 4.78 is 34.9. The summed E-state index contributed by atoms with van der Waals surface area (Å²) >= 11 is 5.91. The van der Waals surface area contributed by atoms with Gasteiger partial charge in [0.1, 0.15) is 24.1 Å². The molecule has 5 rings (SSSR count). The number of aromatic nitrogens is 3. The lowest BCUT2D eigenvalue weighted by atomic mass is 9.95. The van der Waals surface area contributed by atoms with Crippen molar-refractivity contribution in [3.63, 3.8) is 0 Å². The molecule has 2 aromatic heterocycles. The van der Waals surface area contributed by atoms with E-state index in [1.165, 1.54) is 6.20 Å². The van der Waals surface area contributed by atoms with Crippen LogP contribution in [0.4, 0.5) is 14.6 Å². The molecule has 0 aliphatic carbocycles. The Morgan fingerprint density at radius 1 is 1.26 bits per heavy atom. The minimum Gasteiger partial charge on any atom is -0.461 e. The van der Waals surface area contributed by atoms with Crippen LogP contribution >= 0.6 is 11.6 Å². The van der Waals surface area contributed by atoms with Gasteiger partial charge in [0.05, 0.1) is 10.9 Å². The van der Waals surface area contributed by atoms with Crippen LogP contribution in [0, 0.1) is 11.7 Å². The number of pyridine rings is 1. The Morgan fingerprint density at radius 2 is 2.13 bits per heavy atom. The molecule has 10 heteroatoms. The topological polar surface area (TPSA) is 74.6 Å². The minimum absolute atomic E-state index is 0.0540. The summed E-state index contributed by atoms with van der Waals surface area (Å²) in [6.07, 6.45) is 4.75. The molecule has 5 heterocycles. The summed E-state index contributed by atoms with van der Waals surface area (Å²) in [6.45, 7) is 2.97. The molecule has 2 aromatic rings. The molecule has 31 heavy (non-hydrogen) atoms. The molecule has 0 spiro atoms. The fraction of sp³-hybridized carbons (Fsp3) is 0.667. The molecule has 3 saturated heterocycles. The first-order valence-corrected chi connectivity index (χ1v) is 11.3. The number of piperidine rings is 1. The van der Waals surface area contributed by atoms with E-state index in [0.717, 1.165) is 38.8 Å². The molecule has 0 radical (unpaired) electrons. The highest BCUT2D eigenvalue weighted by Crippen LogP contribution is 2.40. The number of ether oxygens (including phenoxy) is 1. The van der Waals surface area contributed by atoms with Gasteiger partial charge in [0.25, 0.3) is 0 Å². The molecule has 3 aliphatic rings. The standard InChI is InChI=1S/C21H26ClF2N5O2/c22-18-16(24)17-15(8-25-18)19(28-5-1-3-13(9-28)11-30)27-20(26-17)31-12-21-4-2-6-29(21)10-14(23)7-21/h8,13-14,30H,1-7,9-12H2/t13-,14-,21+/m1/s1. The highest BCUT2D eigenvalue weighted by atomic mass is 35.5. The van der Waals surface area contributed by atoms with Crippen molar-refractivity contribution in [1.82, 2.24) is 19.9 Å². The van der Waals surface area contributed by atoms with Gasteiger partial charge in [0.15, 0.2) is 11.0 Å². The second-order valence-corrected chi connectivity index (χ2v) is 9.31. The Balaban J connectivity index is 1.49. The fourth-order valence-electron chi connectivity index (χ4n) is 5.36. The lowest BCUT2D eigenvalue weighted by Gasteiger charge is -2.33. The molecular weight excluding hydrogens is 428 g/mol. The maximum atomic E-state index is 14.8. The number of hydrogen-bond donors (Lipinski definition) is 1. The van der Waals surface area contributed by atoms with Gasteiger partial charge in [-0.25, -0.2) is 13.8 Å². The van der Waals surface area contributed by atoms with Gasteiger partial charge >= 0.3 is 6.01 Å². The van der Waals surface area contributed by atoms with Crippen molar-refractivity contribution < 1.29 is 18.6 Å². The number of hydrogen-bond acceptors (Lipinski definition) is 7. The quantitative estimate of drug-likeness (QED) is 0.697. The molecule has 0 amide bonds. The van der Waals surface area contributed by atoms with Crippen LogP contribution in [-0.2, 0) is 0 Å². The van der Waals surface area contributed by atoms with Gasteiger partial charge in [0, 0.05) is 38.9 Å². The van der Waals surface area contributed by atoms with E-state index >= 15 is 0 Å². The van der Waals surface area contributed by atoms with E-state index < -0.39 is 12.0 Å². The number of alkyl halides is 1. The van der Waals surface area contributed by atoms with Crippen LogP contribution in [-0.4, -0.2) is 76.1 Å². The van der Waals surface area contributed by atoms with Gasteiger partial charge in [-0.1, -0.05) is 11.6 Å². The average molecular weight is 454 g/mol. The van der Waals surface area contributed by atoms with Gasteiger partial charge in [0.2, 0.25) is 0 Å². The zero-order valence-corrected chi connectivity index (χ0v) is 18.0. The molecule has 3 fully saturated rings. The molecule has 0 unspecified atom stereocenters. The molecule has 168 valence electrons. The van der Waals surface area contributed by atoms with Gasteiger partial charge < -0.3 is 14.7 Å². The van der Waals surface area contributed by atoms with Crippen molar-refractivity contribution in [2.24, 2.45) is 5.92 Å². The van der Waals surface area contributed by atoms with E-state index in [1.54, 1.807) is 0 Å². The lowest BCUT2D eigenvalue weighted by molar-refractivity contribution is 0.107. The monoisotopic (exact) mass is 453 g/mol. The second-order valence-electron chi connectivity index (χ2n) is 8.96. The number of halogens is 3. The van der Waals surface area contributed by atoms with Gasteiger partial charge in [-0.2, -0.15) is 9.97 Å². The number of fused-ring (bicyclic) bond motifs is 2. The van der Waals surface area contributed by atoms with Crippen LogP contribution in [0.5, 0.6) is 6.01 Å². The van der Waals surface area contributed by atoms with Crippen molar-refractivity contribution in [3.8, 4) is 6.01 Å². The molecule has 3 aliphatic heterocycles. The predicted octanol–water partition coefficient (Wildman–Crippen LogP) is 2.98. The summed E-state index contributed by atoms with van der Waals surface area (Å²) in [5.74, 6) is -0.0651. The summed E-state index contributed by atoms with van der Waals surface area (Å²) in [7, 11) is 0. The van der Waals surface area contributed by atoms with Gasteiger partial charge in [-0.15, -0.1) is 0 Å². The normalized spacial score (nSPS) is 29.0. The van der Waals surface area contributed by atoms with Crippen molar-refractivity contribution in [2.45, 2.75) is 43.8 Å². The minimum atomic E-state index is -0.858. The van der Waals surface area contributed by atoms with Crippen LogP contribution in [0.15, 0.2) is 6.20 Å². The molecule has 0 bridgehead atoms. The van der Waals surface area contributed by atoms with Crippen molar-refractivity contribution >= 4 is 28.3 Å². The maximum Gasteiger partial charge on any atom is 0.319 e. The second kappa shape index (κ2) is 8.26. The third-order valence-corrected chi connectivity index (χ3v) is 7.17. The average Bonchev–Trinajstić information content (AvgIpc) is 3.30. The van der Waals surface area contributed by atoms with Crippen LogP contribution in [0.2, 0.25) is 5.15 Å². The van der Waals surface area contributed by atoms with E-state index in [4.69, 9.17) is 16.3 Å². The first-order valence-electron chi connectivity index (χ1n) is 10.9. The Hall–Kier alpha value is -1.84. The highest BCUT2D eigenvalue weighted by molar-refractivity contribution is 6.30. The Bertz CT molecular complexity index is 982. The number of nitrogens with zero attached hydrogens (tertiary/aromatic N) is 5. The van der Waals surface area contributed by atoms with E-state index in [1.807, 2.05) is 4.90 Å². The van der Waals surface area contributed by atoms with Crippen molar-refractivity contribution in [2.75, 3.05) is 44.3 Å². The van der Waals surface area contributed by atoms with E-state index in [2.05, 4.69) is 19.9 Å². The first kappa shape index (κ1) is 21.0. The smallest absolute Gasteiger partial charge is 0.319 e. The molecule has 1 N–H and O–H groups in total. The zero-order valence-electron chi connectivity index (χ0n) is 17.2. The SMILES string of the molecule is OC[C@@H]1CCCN(c2nc(OC[C@@]34CCCN3C[C@H](F)C4)nc3c(F)c(Cl)ncc23)C1. The van der Waals surface area contributed by atoms with Crippen LogP contribution in [0.25, 0.3) is 10.9 Å². The summed E-state index contributed by atoms with van der Waals surface area (Å²) in [6, 6.07) is 0.0540. The van der Waals surface area contributed by atoms with E-state index in [-0.39, 0.29) is 41.4 Å². The molecule has 0 aromatic carbocycles. The lowest BCUT2D eigenvalue weighted by Crippen LogP contribution is -2.43. The number of aliphatic hydroxyl groups is 1. The molecule has 3 atom stereocenters. The zero-order chi connectivity index (χ0) is 21.6. The third kappa shape index (κ3) is 3.81. The largest absolute Gasteiger partial charge is 0.461 e. The van der Waals surface area contributed by atoms with Crippen molar-refractivity contribution in [3.05, 3.63) is 17.2 Å². The summed E-state index contributed by atoms with van der Waals surface area (Å²) in [5.41, 5.74) is -0.291. The van der Waals surface area contributed by atoms with Crippen LogP contribution in [0.3, 0.4) is 0 Å². The number of rotatable bonds is 5. The summed E-state index contributed by atoms with van der Waals surface area (Å²) in [5, 5.41) is 9.81. The number of aliphatic hydroxyl groups excluding tert-OH is 1. The van der Waals surface area contributed by atoms with Crippen LogP contribution in [0.1, 0.15) is 32.1 Å². The van der Waals surface area contributed by atoms with E-state index in [9.17, 15) is 13.9 Å². The molecule has 7 nitrogen and oxygen atoms in total. The molecular formula is C21H26ClF2N5O2. The first-order chi connectivity index (χ1) is 15.0.